The van der Waals surface area contributed by atoms with Gasteiger partial charge in [0, 0.05) is 4.75 Å². The van der Waals surface area contributed by atoms with Crippen molar-refractivity contribution in [3.63, 3.8) is 0 Å². The minimum Gasteiger partial charge on any atom is -0.468 e. The third-order valence-corrected chi connectivity index (χ3v) is 5.68. The molecule has 1 aliphatic rings. The molecule has 0 saturated carbocycles. The maximum absolute atomic E-state index is 12.4. The average molecular weight is 380 g/mol. The fraction of sp³-hybridized carbons (Fsp3) is 0.500. The Morgan fingerprint density at radius 3 is 2.42 bits per heavy atom. The second-order valence-corrected chi connectivity index (χ2v) is 8.29. The van der Waals surface area contributed by atoms with E-state index in [1.807, 2.05) is 44.2 Å². The first-order valence-corrected chi connectivity index (χ1v) is 9.09. The van der Waals surface area contributed by atoms with Crippen LogP contribution in [0.5, 0.6) is 0 Å². The van der Waals surface area contributed by atoms with E-state index in [0.29, 0.717) is 0 Å². The van der Waals surface area contributed by atoms with Gasteiger partial charge in [-0.3, -0.25) is 14.9 Å². The van der Waals surface area contributed by atoms with Crippen LogP contribution < -0.4 is 10.6 Å². The highest BCUT2D eigenvalue weighted by Gasteiger charge is 2.50. The Hall–Kier alpha value is -2.06. The largest absolute Gasteiger partial charge is 0.468 e. The van der Waals surface area contributed by atoms with E-state index in [0.717, 1.165) is 5.56 Å². The van der Waals surface area contributed by atoms with Crippen molar-refractivity contribution in [1.82, 2.24) is 10.6 Å². The first kappa shape index (κ1) is 20.3. The molecule has 0 radical (unpaired) electrons. The van der Waals surface area contributed by atoms with Crippen LogP contribution in [0.3, 0.4) is 0 Å². The van der Waals surface area contributed by atoms with Gasteiger partial charge in [-0.1, -0.05) is 30.3 Å². The molecule has 1 fully saturated rings. The average Bonchev–Trinajstić information content (AvgIpc) is 2.94. The summed E-state index contributed by atoms with van der Waals surface area (Å²) in [5, 5.41) is 5.30. The van der Waals surface area contributed by atoms with Crippen molar-refractivity contribution in [3.05, 3.63) is 35.9 Å². The summed E-state index contributed by atoms with van der Waals surface area (Å²) in [6.45, 7) is 3.76. The summed E-state index contributed by atoms with van der Waals surface area (Å²) in [7, 11) is 2.58. The molecule has 1 aliphatic heterocycles. The zero-order valence-corrected chi connectivity index (χ0v) is 16.1. The quantitative estimate of drug-likeness (QED) is 0.707. The number of hydrogen-bond donors (Lipinski definition) is 2. The number of nitrogens with one attached hydrogen (secondary N) is 2. The Morgan fingerprint density at radius 2 is 1.85 bits per heavy atom. The van der Waals surface area contributed by atoms with Crippen LogP contribution in [0, 0.1) is 0 Å². The molecular weight excluding hydrogens is 356 g/mol. The monoisotopic (exact) mass is 380 g/mol. The lowest BCUT2D eigenvalue weighted by Gasteiger charge is -2.23. The van der Waals surface area contributed by atoms with Gasteiger partial charge in [-0.15, -0.1) is 11.8 Å². The van der Waals surface area contributed by atoms with E-state index in [4.69, 9.17) is 9.47 Å². The summed E-state index contributed by atoms with van der Waals surface area (Å²) in [6, 6.07) is 7.72. The number of ether oxygens (including phenoxy) is 2. The Kier molecular flexibility index (Phi) is 6.66. The van der Waals surface area contributed by atoms with Gasteiger partial charge in [0.15, 0.2) is 6.04 Å². The molecular formula is C18H24N2O5S. The number of hydrogen-bond acceptors (Lipinski definition) is 7. The van der Waals surface area contributed by atoms with Gasteiger partial charge in [-0.05, 0) is 19.4 Å². The number of thioether (sulfide) groups is 1. The number of methoxy groups -OCH3 is 2. The third-order valence-electron chi connectivity index (χ3n) is 4.18. The molecule has 1 aromatic carbocycles. The summed E-state index contributed by atoms with van der Waals surface area (Å²) in [4.78, 5) is 36.6. The molecule has 8 heteroatoms. The number of benzene rings is 1. The molecule has 2 N–H and O–H groups in total. The van der Waals surface area contributed by atoms with Gasteiger partial charge in [0.25, 0.3) is 0 Å². The summed E-state index contributed by atoms with van der Waals surface area (Å²) >= 11 is 1.39. The zero-order chi connectivity index (χ0) is 19.3. The summed E-state index contributed by atoms with van der Waals surface area (Å²) < 4.78 is 9.16. The molecule has 7 nitrogen and oxygen atoms in total. The van der Waals surface area contributed by atoms with Crippen LogP contribution in [-0.4, -0.2) is 54.3 Å². The highest BCUT2D eigenvalue weighted by molar-refractivity contribution is 8.01. The van der Waals surface area contributed by atoms with Crippen LogP contribution in [0.2, 0.25) is 0 Å². The van der Waals surface area contributed by atoms with Gasteiger partial charge in [-0.25, -0.2) is 4.79 Å². The van der Waals surface area contributed by atoms with Gasteiger partial charge >= 0.3 is 11.9 Å². The molecule has 1 saturated heterocycles. The molecule has 3 atom stereocenters. The molecule has 1 aromatic rings. The van der Waals surface area contributed by atoms with Crippen molar-refractivity contribution >= 4 is 29.6 Å². The second kappa shape index (κ2) is 8.55. The molecule has 0 aromatic heterocycles. The Bertz CT molecular complexity index is 665. The molecule has 2 rings (SSSR count). The minimum absolute atomic E-state index is 0.148. The number of amides is 1. The van der Waals surface area contributed by atoms with Gasteiger partial charge in [-0.2, -0.15) is 0 Å². The van der Waals surface area contributed by atoms with Crippen molar-refractivity contribution in [1.29, 1.82) is 0 Å². The first-order valence-electron chi connectivity index (χ1n) is 8.21. The normalized spacial score (nSPS) is 22.3. The first-order chi connectivity index (χ1) is 12.3. The Morgan fingerprint density at radius 1 is 1.19 bits per heavy atom. The smallest absolute Gasteiger partial charge is 0.330 e. The lowest BCUT2D eigenvalue weighted by Crippen LogP contribution is -2.54. The number of carbonyl (C=O) groups is 3. The second-order valence-electron chi connectivity index (χ2n) is 6.50. The standard InChI is InChI=1S/C18H24N2O5S/c1-18(2)14(17(23)25-4)20-15(26-18)13(16(22)24-3)19-12(21)10-11-8-6-5-7-9-11/h5-9,13-15,20H,10H2,1-4H3,(H,19,21)/t13?,14-,15?/m1/s1. The molecule has 0 aliphatic carbocycles. The van der Waals surface area contributed by atoms with E-state index in [1.165, 1.54) is 26.0 Å². The van der Waals surface area contributed by atoms with Crippen molar-refractivity contribution in [2.75, 3.05) is 14.2 Å². The predicted octanol–water partition coefficient (Wildman–Crippen LogP) is 0.870. The molecule has 142 valence electrons. The van der Waals surface area contributed by atoms with Crippen LogP contribution in [0.15, 0.2) is 30.3 Å². The van der Waals surface area contributed by atoms with Crippen LogP contribution in [0.4, 0.5) is 0 Å². The van der Waals surface area contributed by atoms with Gasteiger partial charge < -0.3 is 14.8 Å². The Labute approximate surface area is 157 Å². The SMILES string of the molecule is COC(=O)C(NC(=O)Cc1ccccc1)C1N[C@H](C(=O)OC)C(C)(C)S1. The Balaban J connectivity index is 2.11. The summed E-state index contributed by atoms with van der Waals surface area (Å²) in [5.41, 5.74) is 0.841. The van der Waals surface area contributed by atoms with Gasteiger partial charge in [0.1, 0.15) is 6.04 Å². The summed E-state index contributed by atoms with van der Waals surface area (Å²) in [5.74, 6) is -1.28. The van der Waals surface area contributed by atoms with Crippen molar-refractivity contribution in [3.8, 4) is 0 Å². The molecule has 2 unspecified atom stereocenters. The predicted molar refractivity (Wildman–Crippen MR) is 98.5 cm³/mol. The highest BCUT2D eigenvalue weighted by atomic mass is 32.2. The lowest BCUT2D eigenvalue weighted by atomic mass is 10.0. The fourth-order valence-corrected chi connectivity index (χ4v) is 4.29. The van der Waals surface area contributed by atoms with E-state index in [1.54, 1.807) is 0 Å². The third kappa shape index (κ3) is 4.76. The number of rotatable bonds is 6. The van der Waals surface area contributed by atoms with Crippen molar-refractivity contribution < 1.29 is 23.9 Å². The molecule has 0 spiro atoms. The highest BCUT2D eigenvalue weighted by Crippen LogP contribution is 2.39. The van der Waals surface area contributed by atoms with E-state index < -0.39 is 34.1 Å². The van der Waals surface area contributed by atoms with E-state index in [9.17, 15) is 14.4 Å². The van der Waals surface area contributed by atoms with Gasteiger partial charge in [0.2, 0.25) is 5.91 Å². The zero-order valence-electron chi connectivity index (χ0n) is 15.3. The topological polar surface area (TPSA) is 93.7 Å². The molecule has 1 amide bonds. The maximum atomic E-state index is 12.4. The van der Waals surface area contributed by atoms with Crippen molar-refractivity contribution in [2.24, 2.45) is 0 Å². The summed E-state index contributed by atoms with van der Waals surface area (Å²) in [6.07, 6.45) is 0.148. The molecule has 0 bridgehead atoms. The van der Waals surface area contributed by atoms with E-state index in [2.05, 4.69) is 10.6 Å². The van der Waals surface area contributed by atoms with Crippen LogP contribution >= 0.6 is 11.8 Å². The van der Waals surface area contributed by atoms with Gasteiger partial charge in [0.05, 0.1) is 26.0 Å². The fourth-order valence-electron chi connectivity index (χ4n) is 2.82. The van der Waals surface area contributed by atoms with E-state index in [-0.39, 0.29) is 12.3 Å². The lowest BCUT2D eigenvalue weighted by molar-refractivity contribution is -0.146. The van der Waals surface area contributed by atoms with Crippen LogP contribution in [-0.2, 0) is 30.3 Å². The number of carbonyl (C=O) groups excluding carboxylic acids is 3. The number of esters is 2. The van der Waals surface area contributed by atoms with Crippen LogP contribution in [0.1, 0.15) is 19.4 Å². The van der Waals surface area contributed by atoms with Crippen LogP contribution in [0.25, 0.3) is 0 Å². The molecule has 26 heavy (non-hydrogen) atoms. The maximum Gasteiger partial charge on any atom is 0.330 e. The van der Waals surface area contributed by atoms with E-state index >= 15 is 0 Å². The van der Waals surface area contributed by atoms with Crippen molar-refractivity contribution in [2.45, 2.75) is 42.5 Å². The minimum atomic E-state index is -0.921. The molecule has 1 heterocycles.